The molecule has 2 heterocycles. The zero-order valence-electron chi connectivity index (χ0n) is 5.56. The van der Waals surface area contributed by atoms with Crippen LogP contribution >= 0.6 is 11.3 Å². The molecule has 1 aliphatic heterocycles. The van der Waals surface area contributed by atoms with Crippen LogP contribution in [0.2, 0.25) is 0 Å². The molecular formula is C7H5NO2S. The van der Waals surface area contributed by atoms with Crippen LogP contribution in [0, 0.1) is 0 Å². The third-order valence-corrected chi connectivity index (χ3v) is 2.32. The molecule has 4 heteroatoms. The Bertz CT molecular complexity index is 305. The van der Waals surface area contributed by atoms with Crippen LogP contribution in [0.1, 0.15) is 11.7 Å². The van der Waals surface area contributed by atoms with Gasteiger partial charge in [0.05, 0.1) is 0 Å². The number of nitrogens with zero attached hydrogens (tertiary/aromatic N) is 1. The zero-order chi connectivity index (χ0) is 7.68. The van der Waals surface area contributed by atoms with Crippen molar-refractivity contribution in [2.45, 2.75) is 6.10 Å². The van der Waals surface area contributed by atoms with Crippen LogP contribution in [-0.2, 0) is 9.53 Å². The van der Waals surface area contributed by atoms with Crippen molar-refractivity contribution in [2.75, 3.05) is 0 Å². The fraction of sp³-hybridized carbons (Fsp3) is 0.143. The van der Waals surface area contributed by atoms with Gasteiger partial charge in [-0.2, -0.15) is 0 Å². The van der Waals surface area contributed by atoms with Crippen molar-refractivity contribution >= 4 is 29.0 Å². The highest BCUT2D eigenvalue weighted by atomic mass is 32.1. The van der Waals surface area contributed by atoms with Gasteiger partial charge in [0.15, 0.2) is 18.8 Å². The molecule has 0 N–H and O–H groups in total. The number of aliphatic imine (C=N–C) groups is 1. The maximum absolute atomic E-state index is 10.4. The standard InChI is InChI=1S/C7H5NO2S/c9-3-6-5-1-2-11-7(5)8-4-10-6/h1-4,6H. The van der Waals surface area contributed by atoms with E-state index in [1.165, 1.54) is 17.7 Å². The lowest BCUT2D eigenvalue weighted by atomic mass is 10.2. The molecule has 3 nitrogen and oxygen atoms in total. The second-order valence-electron chi connectivity index (χ2n) is 2.11. The molecule has 2 rings (SSSR count). The van der Waals surface area contributed by atoms with Gasteiger partial charge >= 0.3 is 0 Å². The van der Waals surface area contributed by atoms with Gasteiger partial charge in [-0.3, -0.25) is 4.79 Å². The molecule has 1 atom stereocenters. The Morgan fingerprint density at radius 2 is 2.64 bits per heavy atom. The van der Waals surface area contributed by atoms with Gasteiger partial charge in [-0.05, 0) is 11.4 Å². The molecule has 0 saturated heterocycles. The maximum atomic E-state index is 10.4. The minimum Gasteiger partial charge on any atom is -0.468 e. The molecular weight excluding hydrogens is 162 g/mol. The summed E-state index contributed by atoms with van der Waals surface area (Å²) >= 11 is 1.51. The van der Waals surface area contributed by atoms with Gasteiger partial charge in [0.25, 0.3) is 0 Å². The number of carbonyl (C=O) groups excluding carboxylic acids is 1. The molecule has 1 aliphatic rings. The fourth-order valence-corrected chi connectivity index (χ4v) is 1.72. The van der Waals surface area contributed by atoms with Gasteiger partial charge in [-0.25, -0.2) is 4.99 Å². The molecule has 0 radical (unpaired) electrons. The quantitative estimate of drug-likeness (QED) is 0.597. The van der Waals surface area contributed by atoms with E-state index in [9.17, 15) is 4.79 Å². The van der Waals surface area contributed by atoms with Crippen LogP contribution in [0.4, 0.5) is 5.00 Å². The van der Waals surface area contributed by atoms with Crippen LogP contribution in [0.15, 0.2) is 16.4 Å². The lowest BCUT2D eigenvalue weighted by Gasteiger charge is -2.12. The van der Waals surface area contributed by atoms with Gasteiger partial charge in [0, 0.05) is 5.56 Å². The first-order valence-corrected chi connectivity index (χ1v) is 4.00. The summed E-state index contributed by atoms with van der Waals surface area (Å²) in [6, 6.07) is 1.86. The summed E-state index contributed by atoms with van der Waals surface area (Å²) in [5.41, 5.74) is 0.868. The molecule has 0 amide bonds. The van der Waals surface area contributed by atoms with Crippen molar-refractivity contribution in [3.05, 3.63) is 17.0 Å². The van der Waals surface area contributed by atoms with E-state index in [1.54, 1.807) is 0 Å². The number of rotatable bonds is 1. The number of aldehydes is 1. The van der Waals surface area contributed by atoms with E-state index in [0.717, 1.165) is 16.9 Å². The van der Waals surface area contributed by atoms with Crippen LogP contribution in [-0.4, -0.2) is 12.7 Å². The minimum atomic E-state index is -0.450. The molecule has 1 aromatic rings. The molecule has 0 fully saturated rings. The minimum absolute atomic E-state index is 0.450. The third kappa shape index (κ3) is 0.952. The normalized spacial score (nSPS) is 20.5. The average molecular weight is 167 g/mol. The Kier molecular flexibility index (Phi) is 1.47. The number of carbonyl (C=O) groups is 1. The van der Waals surface area contributed by atoms with Crippen LogP contribution in [0.25, 0.3) is 0 Å². The molecule has 1 unspecified atom stereocenters. The monoisotopic (exact) mass is 167 g/mol. The Morgan fingerprint density at radius 1 is 1.73 bits per heavy atom. The highest BCUT2D eigenvalue weighted by molar-refractivity contribution is 7.14. The first-order chi connectivity index (χ1) is 5.42. The predicted octanol–water partition coefficient (Wildman–Crippen LogP) is 1.68. The lowest BCUT2D eigenvalue weighted by Crippen LogP contribution is -2.06. The average Bonchev–Trinajstić information content (AvgIpc) is 2.50. The molecule has 1 aromatic heterocycles. The summed E-state index contributed by atoms with van der Waals surface area (Å²) < 4.78 is 4.96. The first kappa shape index (κ1) is 6.54. The number of hydrogen-bond donors (Lipinski definition) is 0. The van der Waals surface area contributed by atoms with Gasteiger partial charge in [0.2, 0.25) is 0 Å². The van der Waals surface area contributed by atoms with Gasteiger partial charge < -0.3 is 4.74 Å². The zero-order valence-corrected chi connectivity index (χ0v) is 6.38. The maximum Gasteiger partial charge on any atom is 0.183 e. The molecule has 0 spiro atoms. The Labute approximate surface area is 67.3 Å². The predicted molar refractivity (Wildman–Crippen MR) is 42.4 cm³/mol. The SMILES string of the molecule is O=CC1OC=Nc2sccc21. The number of thiophene rings is 1. The second-order valence-corrected chi connectivity index (χ2v) is 3.00. The summed E-state index contributed by atoms with van der Waals surface area (Å²) in [7, 11) is 0. The molecule has 0 bridgehead atoms. The van der Waals surface area contributed by atoms with E-state index in [0.29, 0.717) is 0 Å². The number of fused-ring (bicyclic) bond motifs is 1. The van der Waals surface area contributed by atoms with Crippen LogP contribution < -0.4 is 0 Å². The van der Waals surface area contributed by atoms with Gasteiger partial charge in [0.1, 0.15) is 5.00 Å². The first-order valence-electron chi connectivity index (χ1n) is 3.12. The Balaban J connectivity index is 2.48. The van der Waals surface area contributed by atoms with Crippen molar-refractivity contribution in [3.63, 3.8) is 0 Å². The van der Waals surface area contributed by atoms with E-state index >= 15 is 0 Å². The molecule has 11 heavy (non-hydrogen) atoms. The topological polar surface area (TPSA) is 38.7 Å². The summed E-state index contributed by atoms with van der Waals surface area (Å²) in [5, 5.41) is 2.76. The van der Waals surface area contributed by atoms with Gasteiger partial charge in [-0.1, -0.05) is 0 Å². The van der Waals surface area contributed by atoms with Crippen molar-refractivity contribution < 1.29 is 9.53 Å². The lowest BCUT2D eigenvalue weighted by molar-refractivity contribution is -0.114. The largest absolute Gasteiger partial charge is 0.468 e. The summed E-state index contributed by atoms with van der Waals surface area (Å²) in [6.45, 7) is 0. The molecule has 0 saturated carbocycles. The van der Waals surface area contributed by atoms with E-state index in [4.69, 9.17) is 4.74 Å². The highest BCUT2D eigenvalue weighted by Gasteiger charge is 2.18. The summed E-state index contributed by atoms with van der Waals surface area (Å²) in [4.78, 5) is 14.4. The van der Waals surface area contributed by atoms with E-state index in [-0.39, 0.29) is 0 Å². The molecule has 56 valence electrons. The number of ether oxygens (including phenoxy) is 1. The van der Waals surface area contributed by atoms with Crippen LogP contribution in [0.5, 0.6) is 0 Å². The van der Waals surface area contributed by atoms with E-state index in [2.05, 4.69) is 4.99 Å². The summed E-state index contributed by atoms with van der Waals surface area (Å²) in [6.07, 6.45) is 1.64. The van der Waals surface area contributed by atoms with Crippen molar-refractivity contribution in [2.24, 2.45) is 4.99 Å². The Hall–Kier alpha value is -1.16. The summed E-state index contributed by atoms with van der Waals surface area (Å²) in [5.74, 6) is 0. The molecule has 0 aliphatic carbocycles. The van der Waals surface area contributed by atoms with E-state index < -0.39 is 6.10 Å². The van der Waals surface area contributed by atoms with E-state index in [1.807, 2.05) is 11.4 Å². The van der Waals surface area contributed by atoms with Gasteiger partial charge in [-0.15, -0.1) is 11.3 Å². The third-order valence-electron chi connectivity index (χ3n) is 1.48. The second kappa shape index (κ2) is 2.47. The van der Waals surface area contributed by atoms with Crippen molar-refractivity contribution in [1.82, 2.24) is 0 Å². The molecule has 0 aromatic carbocycles. The fourth-order valence-electron chi connectivity index (χ4n) is 0.955. The van der Waals surface area contributed by atoms with Crippen LogP contribution in [0.3, 0.4) is 0 Å². The number of hydrogen-bond acceptors (Lipinski definition) is 4. The van der Waals surface area contributed by atoms with Crippen molar-refractivity contribution in [3.8, 4) is 0 Å². The smallest absolute Gasteiger partial charge is 0.183 e. The Morgan fingerprint density at radius 3 is 3.45 bits per heavy atom. The highest BCUT2D eigenvalue weighted by Crippen LogP contribution is 2.34. The van der Waals surface area contributed by atoms with Crippen molar-refractivity contribution in [1.29, 1.82) is 0 Å².